The normalized spacial score (nSPS) is 15.3. The maximum Gasteiger partial charge on any atom is 0.238 e. The minimum absolute atomic E-state index is 0.00136. The number of nitrogens with zero attached hydrogens (tertiary/aromatic N) is 3. The number of benzene rings is 2. The zero-order chi connectivity index (χ0) is 21.1. The Kier molecular flexibility index (Phi) is 5.90. The van der Waals surface area contributed by atoms with E-state index in [2.05, 4.69) is 20.4 Å². The molecular weight excluding hydrogens is 383 g/mol. The number of rotatable bonds is 5. The number of piperidine rings is 1. The van der Waals surface area contributed by atoms with E-state index >= 15 is 0 Å². The predicted molar refractivity (Wildman–Crippen MR) is 113 cm³/mol. The molecular formula is C23H25FN4O2. The minimum atomic E-state index is -0.295. The molecule has 156 valence electrons. The van der Waals surface area contributed by atoms with Gasteiger partial charge in [-0.15, -0.1) is 0 Å². The van der Waals surface area contributed by atoms with Crippen molar-refractivity contribution < 1.29 is 13.7 Å². The molecule has 1 fully saturated rings. The topological polar surface area (TPSA) is 71.3 Å². The second kappa shape index (κ2) is 8.75. The Morgan fingerprint density at radius 2 is 1.90 bits per heavy atom. The number of aryl methyl sites for hydroxylation is 1. The number of likely N-dealkylation sites (tertiary alicyclic amines) is 1. The first-order valence-corrected chi connectivity index (χ1v) is 10.2. The summed E-state index contributed by atoms with van der Waals surface area (Å²) >= 11 is 0. The van der Waals surface area contributed by atoms with E-state index in [0.29, 0.717) is 18.3 Å². The number of aromatic nitrogens is 2. The lowest BCUT2D eigenvalue weighted by atomic mass is 9.97. The summed E-state index contributed by atoms with van der Waals surface area (Å²) < 4.78 is 18.5. The molecule has 0 atom stereocenters. The van der Waals surface area contributed by atoms with Crippen molar-refractivity contribution in [3.63, 3.8) is 0 Å². The second-order valence-electron chi connectivity index (χ2n) is 7.81. The highest BCUT2D eigenvalue weighted by atomic mass is 19.1. The fourth-order valence-electron chi connectivity index (χ4n) is 3.73. The molecule has 0 saturated carbocycles. The van der Waals surface area contributed by atoms with Crippen molar-refractivity contribution in [1.82, 2.24) is 15.0 Å². The Balaban J connectivity index is 1.30. The second-order valence-corrected chi connectivity index (χ2v) is 7.81. The van der Waals surface area contributed by atoms with Gasteiger partial charge in [0, 0.05) is 17.2 Å². The number of anilines is 1. The van der Waals surface area contributed by atoms with Gasteiger partial charge in [0.15, 0.2) is 0 Å². The van der Waals surface area contributed by atoms with Crippen LogP contribution in [-0.4, -0.2) is 40.6 Å². The van der Waals surface area contributed by atoms with Crippen molar-refractivity contribution in [1.29, 1.82) is 0 Å². The largest absolute Gasteiger partial charge is 0.339 e. The van der Waals surface area contributed by atoms with Crippen molar-refractivity contribution >= 4 is 11.6 Å². The summed E-state index contributed by atoms with van der Waals surface area (Å²) in [5.41, 5.74) is 3.85. The number of halogens is 1. The van der Waals surface area contributed by atoms with Gasteiger partial charge in [-0.25, -0.2) is 4.39 Å². The van der Waals surface area contributed by atoms with Crippen LogP contribution in [0.2, 0.25) is 0 Å². The molecule has 0 unspecified atom stereocenters. The maximum atomic E-state index is 13.1. The zero-order valence-corrected chi connectivity index (χ0v) is 17.2. The van der Waals surface area contributed by atoms with E-state index in [1.807, 2.05) is 32.0 Å². The number of carbonyl (C=O) groups is 1. The summed E-state index contributed by atoms with van der Waals surface area (Å²) in [7, 11) is 0. The van der Waals surface area contributed by atoms with Crippen LogP contribution >= 0.6 is 0 Å². The van der Waals surface area contributed by atoms with Crippen LogP contribution in [0.4, 0.5) is 10.1 Å². The number of hydrogen-bond acceptors (Lipinski definition) is 5. The Morgan fingerprint density at radius 3 is 2.63 bits per heavy atom. The molecule has 0 radical (unpaired) electrons. The van der Waals surface area contributed by atoms with Crippen LogP contribution in [0.5, 0.6) is 0 Å². The van der Waals surface area contributed by atoms with Crippen molar-refractivity contribution in [3.05, 3.63) is 65.3 Å². The zero-order valence-electron chi connectivity index (χ0n) is 17.2. The highest BCUT2D eigenvalue weighted by molar-refractivity contribution is 5.93. The first-order chi connectivity index (χ1) is 14.5. The Morgan fingerprint density at radius 1 is 1.17 bits per heavy atom. The molecule has 1 amide bonds. The first kappa shape index (κ1) is 20.2. The van der Waals surface area contributed by atoms with Gasteiger partial charge in [-0.2, -0.15) is 4.98 Å². The first-order valence-electron chi connectivity index (χ1n) is 10.2. The van der Waals surface area contributed by atoms with E-state index in [1.54, 1.807) is 12.1 Å². The van der Waals surface area contributed by atoms with Crippen molar-refractivity contribution in [2.45, 2.75) is 32.6 Å². The Labute approximate surface area is 175 Å². The molecule has 4 rings (SSSR count). The lowest BCUT2D eigenvalue weighted by Crippen LogP contribution is -2.38. The quantitative estimate of drug-likeness (QED) is 0.681. The monoisotopic (exact) mass is 408 g/mol. The fraction of sp³-hybridized carbons (Fsp3) is 0.348. The van der Waals surface area contributed by atoms with Crippen molar-refractivity contribution in [2.24, 2.45) is 0 Å². The molecule has 1 saturated heterocycles. The van der Waals surface area contributed by atoms with Gasteiger partial charge in [0.2, 0.25) is 17.6 Å². The average molecular weight is 408 g/mol. The number of carbonyl (C=O) groups excluding carboxylic acids is 1. The molecule has 1 aromatic heterocycles. The lowest BCUT2D eigenvalue weighted by Gasteiger charge is -2.29. The van der Waals surface area contributed by atoms with Crippen LogP contribution in [0.15, 0.2) is 47.0 Å². The molecule has 1 aliphatic rings. The molecule has 0 aliphatic carbocycles. The summed E-state index contributed by atoms with van der Waals surface area (Å²) in [6.07, 6.45) is 1.70. The lowest BCUT2D eigenvalue weighted by molar-refractivity contribution is -0.117. The molecule has 2 aromatic carbocycles. The standard InChI is InChI=1S/C23H25FN4O2/c1-15-4-3-5-20(16(15)2)25-21(29)14-28-12-10-18(11-13-28)23-26-22(27-30-23)17-6-8-19(24)9-7-17/h3-9,18H,10-14H2,1-2H3,(H,25,29). The Hall–Kier alpha value is -3.06. The van der Waals surface area contributed by atoms with E-state index in [-0.39, 0.29) is 17.6 Å². The number of amides is 1. The van der Waals surface area contributed by atoms with E-state index in [1.165, 1.54) is 12.1 Å². The summed E-state index contributed by atoms with van der Waals surface area (Å²) in [6, 6.07) is 12.0. The maximum absolute atomic E-state index is 13.1. The van der Waals surface area contributed by atoms with Gasteiger partial charge in [-0.1, -0.05) is 17.3 Å². The van der Waals surface area contributed by atoms with Gasteiger partial charge in [-0.3, -0.25) is 9.69 Å². The van der Waals surface area contributed by atoms with Crippen LogP contribution in [0.3, 0.4) is 0 Å². The predicted octanol–water partition coefficient (Wildman–Crippen LogP) is 4.31. The third-order valence-electron chi connectivity index (χ3n) is 5.73. The summed E-state index contributed by atoms with van der Waals surface area (Å²) in [4.78, 5) is 19.1. The van der Waals surface area contributed by atoms with Gasteiger partial charge in [0.05, 0.1) is 6.54 Å². The van der Waals surface area contributed by atoms with Gasteiger partial charge < -0.3 is 9.84 Å². The van der Waals surface area contributed by atoms with Gasteiger partial charge in [0.1, 0.15) is 5.82 Å². The van der Waals surface area contributed by atoms with E-state index in [4.69, 9.17) is 4.52 Å². The van der Waals surface area contributed by atoms with Crippen LogP contribution in [0.1, 0.15) is 35.8 Å². The van der Waals surface area contributed by atoms with E-state index < -0.39 is 0 Å². The number of nitrogens with one attached hydrogen (secondary N) is 1. The molecule has 1 N–H and O–H groups in total. The molecule has 6 nitrogen and oxygen atoms in total. The highest BCUT2D eigenvalue weighted by Gasteiger charge is 2.26. The molecule has 1 aliphatic heterocycles. The molecule has 3 aromatic rings. The summed E-state index contributed by atoms with van der Waals surface area (Å²) in [5, 5.41) is 7.05. The summed E-state index contributed by atoms with van der Waals surface area (Å²) in [6.45, 7) is 6.00. The minimum Gasteiger partial charge on any atom is -0.339 e. The molecule has 2 heterocycles. The smallest absolute Gasteiger partial charge is 0.238 e. The number of hydrogen-bond donors (Lipinski definition) is 1. The van der Waals surface area contributed by atoms with Gasteiger partial charge in [0.25, 0.3) is 0 Å². The molecule has 0 bridgehead atoms. The SMILES string of the molecule is Cc1cccc(NC(=O)CN2CCC(c3nc(-c4ccc(F)cc4)no3)CC2)c1C. The van der Waals surface area contributed by atoms with E-state index in [9.17, 15) is 9.18 Å². The molecule has 30 heavy (non-hydrogen) atoms. The van der Waals surface area contributed by atoms with Crippen LogP contribution in [0.25, 0.3) is 11.4 Å². The highest BCUT2D eigenvalue weighted by Crippen LogP contribution is 2.28. The third kappa shape index (κ3) is 4.57. The fourth-order valence-corrected chi connectivity index (χ4v) is 3.73. The van der Waals surface area contributed by atoms with Gasteiger partial charge in [-0.05, 0) is 81.2 Å². The van der Waals surface area contributed by atoms with E-state index in [0.717, 1.165) is 48.3 Å². The van der Waals surface area contributed by atoms with Crippen molar-refractivity contribution in [3.8, 4) is 11.4 Å². The summed E-state index contributed by atoms with van der Waals surface area (Å²) in [5.74, 6) is 0.953. The van der Waals surface area contributed by atoms with Crippen LogP contribution < -0.4 is 5.32 Å². The Bertz CT molecular complexity index is 1020. The average Bonchev–Trinajstić information content (AvgIpc) is 3.23. The van der Waals surface area contributed by atoms with Gasteiger partial charge >= 0.3 is 0 Å². The molecule has 0 spiro atoms. The third-order valence-corrected chi connectivity index (χ3v) is 5.73. The molecule has 7 heteroatoms. The van der Waals surface area contributed by atoms with Crippen LogP contribution in [0, 0.1) is 19.7 Å². The van der Waals surface area contributed by atoms with Crippen molar-refractivity contribution in [2.75, 3.05) is 25.0 Å². The van der Waals surface area contributed by atoms with Crippen LogP contribution in [-0.2, 0) is 4.79 Å².